The summed E-state index contributed by atoms with van der Waals surface area (Å²) in [5.41, 5.74) is 0.859. The van der Waals surface area contributed by atoms with Gasteiger partial charge in [0.15, 0.2) is 6.61 Å². The maximum atomic E-state index is 11.8. The van der Waals surface area contributed by atoms with Gasteiger partial charge in [0.05, 0.1) is 0 Å². The van der Waals surface area contributed by atoms with Crippen molar-refractivity contribution in [2.45, 2.75) is 46.1 Å². The summed E-state index contributed by atoms with van der Waals surface area (Å²) < 4.78 is 9.96. The minimum atomic E-state index is -0.571. The number of amides is 2. The molecule has 8 heteroatoms. The normalized spacial score (nSPS) is 10.8. The molecule has 0 aromatic heterocycles. The number of hydrogen-bond donors (Lipinski definition) is 2. The molecule has 144 valence electrons. The summed E-state index contributed by atoms with van der Waals surface area (Å²) in [6.45, 7) is 7.04. The van der Waals surface area contributed by atoms with E-state index >= 15 is 0 Å². The average Bonchev–Trinajstić information content (AvgIpc) is 2.51. The van der Waals surface area contributed by atoms with Crippen molar-refractivity contribution in [2.24, 2.45) is 0 Å². The van der Waals surface area contributed by atoms with E-state index in [1.54, 1.807) is 39.0 Å². The van der Waals surface area contributed by atoms with Crippen LogP contribution >= 0.6 is 11.6 Å². The number of carbonyl (C=O) groups excluding carboxylic acids is 3. The van der Waals surface area contributed by atoms with E-state index in [2.05, 4.69) is 10.6 Å². The largest absolute Gasteiger partial charge is 0.456 e. The Balaban J connectivity index is 2.20. The highest BCUT2D eigenvalue weighted by Crippen LogP contribution is 2.19. The summed E-state index contributed by atoms with van der Waals surface area (Å²) in [6, 6.07) is 5.11. The quantitative estimate of drug-likeness (QED) is 0.554. The molecule has 0 saturated heterocycles. The van der Waals surface area contributed by atoms with Crippen molar-refractivity contribution in [1.82, 2.24) is 5.32 Å². The van der Waals surface area contributed by atoms with Gasteiger partial charge in [-0.05, 0) is 51.8 Å². The Hall–Kier alpha value is -2.28. The van der Waals surface area contributed by atoms with E-state index in [0.717, 1.165) is 5.56 Å². The van der Waals surface area contributed by atoms with Crippen LogP contribution in [0.3, 0.4) is 0 Å². The van der Waals surface area contributed by atoms with Gasteiger partial charge in [0.2, 0.25) is 0 Å². The molecule has 26 heavy (non-hydrogen) atoms. The van der Waals surface area contributed by atoms with Gasteiger partial charge in [0, 0.05) is 23.7 Å². The summed E-state index contributed by atoms with van der Waals surface area (Å²) in [7, 11) is 0. The summed E-state index contributed by atoms with van der Waals surface area (Å²) in [4.78, 5) is 34.8. The van der Waals surface area contributed by atoms with Crippen LogP contribution < -0.4 is 10.6 Å². The minimum absolute atomic E-state index is 0.0828. The molecule has 1 aromatic rings. The van der Waals surface area contributed by atoms with Crippen molar-refractivity contribution >= 4 is 35.3 Å². The molecule has 0 aliphatic heterocycles. The van der Waals surface area contributed by atoms with Crippen LogP contribution in [0.15, 0.2) is 18.2 Å². The third-order valence-electron chi connectivity index (χ3n) is 3.05. The lowest BCUT2D eigenvalue weighted by atomic mass is 10.2. The Labute approximate surface area is 158 Å². The van der Waals surface area contributed by atoms with Gasteiger partial charge >= 0.3 is 12.1 Å². The van der Waals surface area contributed by atoms with E-state index in [1.807, 2.05) is 6.92 Å². The topological polar surface area (TPSA) is 93.7 Å². The second kappa shape index (κ2) is 10.0. The molecular weight excluding hydrogens is 360 g/mol. The van der Waals surface area contributed by atoms with E-state index in [9.17, 15) is 14.4 Å². The standard InChI is InChI=1S/C18H25ClN2O5/c1-12-7-8-13(10-14(12)19)21-15(22)11-25-16(23)6-5-9-20-17(24)26-18(2,3)4/h7-8,10H,5-6,9,11H2,1-4H3,(H,20,24)(H,21,22). The van der Waals surface area contributed by atoms with E-state index in [4.69, 9.17) is 21.1 Å². The van der Waals surface area contributed by atoms with Gasteiger partial charge < -0.3 is 20.1 Å². The number of hydrogen-bond acceptors (Lipinski definition) is 5. The van der Waals surface area contributed by atoms with Crippen molar-refractivity contribution in [3.05, 3.63) is 28.8 Å². The lowest BCUT2D eigenvalue weighted by Crippen LogP contribution is -2.33. The summed E-state index contributed by atoms with van der Waals surface area (Å²) >= 11 is 5.98. The Morgan fingerprint density at radius 1 is 1.19 bits per heavy atom. The average molecular weight is 385 g/mol. The van der Waals surface area contributed by atoms with Crippen LogP contribution in [-0.4, -0.2) is 36.7 Å². The molecule has 0 heterocycles. The first kappa shape index (κ1) is 21.8. The van der Waals surface area contributed by atoms with E-state index in [0.29, 0.717) is 17.1 Å². The zero-order chi connectivity index (χ0) is 19.7. The SMILES string of the molecule is Cc1ccc(NC(=O)COC(=O)CCCNC(=O)OC(C)(C)C)cc1Cl. The minimum Gasteiger partial charge on any atom is -0.456 e. The predicted octanol–water partition coefficient (Wildman–Crippen LogP) is 3.44. The smallest absolute Gasteiger partial charge is 0.407 e. The molecule has 1 aromatic carbocycles. The van der Waals surface area contributed by atoms with Crippen LogP contribution in [0.2, 0.25) is 5.02 Å². The number of ether oxygens (including phenoxy) is 2. The Bertz CT molecular complexity index is 655. The molecule has 0 bridgehead atoms. The van der Waals surface area contributed by atoms with Gasteiger partial charge in [-0.1, -0.05) is 17.7 Å². The highest BCUT2D eigenvalue weighted by atomic mass is 35.5. The monoisotopic (exact) mass is 384 g/mol. The number of carbonyl (C=O) groups is 3. The molecule has 0 radical (unpaired) electrons. The Morgan fingerprint density at radius 3 is 2.50 bits per heavy atom. The van der Waals surface area contributed by atoms with Crippen LogP contribution in [0.5, 0.6) is 0 Å². The summed E-state index contributed by atoms with van der Waals surface area (Å²) in [5, 5.41) is 5.68. The molecule has 7 nitrogen and oxygen atoms in total. The molecule has 0 spiro atoms. The van der Waals surface area contributed by atoms with Crippen LogP contribution in [0.4, 0.5) is 10.5 Å². The first-order valence-electron chi connectivity index (χ1n) is 8.25. The van der Waals surface area contributed by atoms with Crippen molar-refractivity contribution in [3.8, 4) is 0 Å². The maximum Gasteiger partial charge on any atom is 0.407 e. The fourth-order valence-electron chi connectivity index (χ4n) is 1.82. The molecule has 0 fully saturated rings. The van der Waals surface area contributed by atoms with Crippen molar-refractivity contribution in [2.75, 3.05) is 18.5 Å². The lowest BCUT2D eigenvalue weighted by Gasteiger charge is -2.19. The van der Waals surface area contributed by atoms with Crippen LogP contribution in [0.1, 0.15) is 39.2 Å². The van der Waals surface area contributed by atoms with Crippen molar-refractivity contribution < 1.29 is 23.9 Å². The Kier molecular flexibility index (Phi) is 8.38. The molecular formula is C18H25ClN2O5. The molecule has 0 aliphatic carbocycles. The number of rotatable bonds is 7. The maximum absolute atomic E-state index is 11.8. The van der Waals surface area contributed by atoms with Gasteiger partial charge in [0.1, 0.15) is 5.60 Å². The van der Waals surface area contributed by atoms with Gasteiger partial charge in [-0.3, -0.25) is 9.59 Å². The number of anilines is 1. The van der Waals surface area contributed by atoms with Crippen LogP contribution in [0, 0.1) is 6.92 Å². The third kappa shape index (κ3) is 9.27. The van der Waals surface area contributed by atoms with E-state index in [-0.39, 0.29) is 19.6 Å². The van der Waals surface area contributed by atoms with Gasteiger partial charge in [-0.15, -0.1) is 0 Å². The van der Waals surface area contributed by atoms with Crippen LogP contribution in [-0.2, 0) is 19.1 Å². The highest BCUT2D eigenvalue weighted by Gasteiger charge is 2.15. The summed E-state index contributed by atoms with van der Waals surface area (Å²) in [6.07, 6.45) is -0.0748. The molecule has 1 rings (SSSR count). The molecule has 0 aliphatic rings. The zero-order valence-electron chi connectivity index (χ0n) is 15.5. The zero-order valence-corrected chi connectivity index (χ0v) is 16.2. The molecule has 2 N–H and O–H groups in total. The second-order valence-electron chi connectivity index (χ2n) is 6.71. The highest BCUT2D eigenvalue weighted by molar-refractivity contribution is 6.31. The second-order valence-corrected chi connectivity index (χ2v) is 7.11. The van der Waals surface area contributed by atoms with Gasteiger partial charge in [0.25, 0.3) is 5.91 Å². The summed E-state index contributed by atoms with van der Waals surface area (Å²) in [5.74, 6) is -0.974. The molecule has 2 amide bonds. The third-order valence-corrected chi connectivity index (χ3v) is 3.45. The fourth-order valence-corrected chi connectivity index (χ4v) is 2.00. The number of aryl methyl sites for hydroxylation is 1. The molecule has 0 unspecified atom stereocenters. The van der Waals surface area contributed by atoms with E-state index in [1.165, 1.54) is 0 Å². The first-order chi connectivity index (χ1) is 12.1. The van der Waals surface area contributed by atoms with E-state index < -0.39 is 23.6 Å². The number of esters is 1. The predicted molar refractivity (Wildman–Crippen MR) is 99.2 cm³/mol. The number of halogens is 1. The number of nitrogens with one attached hydrogen (secondary N) is 2. The Morgan fingerprint density at radius 2 is 1.88 bits per heavy atom. The lowest BCUT2D eigenvalue weighted by molar-refractivity contribution is -0.147. The van der Waals surface area contributed by atoms with Crippen molar-refractivity contribution in [1.29, 1.82) is 0 Å². The van der Waals surface area contributed by atoms with Gasteiger partial charge in [-0.2, -0.15) is 0 Å². The fraction of sp³-hybridized carbons (Fsp3) is 0.500. The number of benzene rings is 1. The van der Waals surface area contributed by atoms with Crippen molar-refractivity contribution in [3.63, 3.8) is 0 Å². The molecule has 0 saturated carbocycles. The molecule has 0 atom stereocenters. The number of alkyl carbamates (subject to hydrolysis) is 1. The van der Waals surface area contributed by atoms with Crippen LogP contribution in [0.25, 0.3) is 0 Å². The van der Waals surface area contributed by atoms with Gasteiger partial charge in [-0.25, -0.2) is 4.79 Å². The first-order valence-corrected chi connectivity index (χ1v) is 8.63.